The minimum absolute atomic E-state index is 0.635. The van der Waals surface area contributed by atoms with Crippen LogP contribution in [0.3, 0.4) is 0 Å². The maximum absolute atomic E-state index is 3.62. The van der Waals surface area contributed by atoms with E-state index in [1.54, 1.807) is 0 Å². The van der Waals surface area contributed by atoms with Crippen molar-refractivity contribution in [2.45, 2.75) is 39.7 Å². The number of benzene rings is 2. The van der Waals surface area contributed by atoms with Crippen LogP contribution in [-0.2, 0) is 6.54 Å². The number of aryl methyl sites for hydroxylation is 1. The highest BCUT2D eigenvalue weighted by Gasteiger charge is 2.03. The van der Waals surface area contributed by atoms with Crippen molar-refractivity contribution in [1.82, 2.24) is 0 Å². The highest BCUT2D eigenvalue weighted by Crippen LogP contribution is 2.22. The third-order valence-corrected chi connectivity index (χ3v) is 4.52. The lowest BCUT2D eigenvalue weighted by Gasteiger charge is -2.12. The first-order valence-electron chi connectivity index (χ1n) is 7.19. The lowest BCUT2D eigenvalue weighted by molar-refractivity contribution is 0.734. The van der Waals surface area contributed by atoms with Gasteiger partial charge in [0.25, 0.3) is 0 Å². The Kier molecular flexibility index (Phi) is 5.24. The molecule has 1 atom stereocenters. The number of anilines is 1. The van der Waals surface area contributed by atoms with Crippen LogP contribution < -0.4 is 5.32 Å². The lowest BCUT2D eigenvalue weighted by atomic mass is 9.98. The standard InChI is InChI=1S/C18H22BrN/c1-4-14(3)15-7-9-17(10-8-15)20-12-16-6-5-13(2)11-18(16)19/h5-11,14,20H,4,12H2,1-3H3. The van der Waals surface area contributed by atoms with E-state index in [1.165, 1.54) is 33.3 Å². The molecule has 1 N–H and O–H groups in total. The Balaban J connectivity index is 2.00. The Bertz CT molecular complexity index is 560. The van der Waals surface area contributed by atoms with E-state index in [0.29, 0.717) is 5.92 Å². The highest BCUT2D eigenvalue weighted by atomic mass is 79.9. The van der Waals surface area contributed by atoms with E-state index in [-0.39, 0.29) is 0 Å². The van der Waals surface area contributed by atoms with E-state index in [2.05, 4.69) is 84.5 Å². The molecular formula is C18H22BrN. The van der Waals surface area contributed by atoms with Crippen LogP contribution in [0.25, 0.3) is 0 Å². The van der Waals surface area contributed by atoms with Crippen molar-refractivity contribution in [1.29, 1.82) is 0 Å². The van der Waals surface area contributed by atoms with Crippen LogP contribution in [0.4, 0.5) is 5.69 Å². The van der Waals surface area contributed by atoms with E-state index in [0.717, 1.165) is 6.54 Å². The van der Waals surface area contributed by atoms with Gasteiger partial charge in [-0.3, -0.25) is 0 Å². The predicted molar refractivity (Wildman–Crippen MR) is 91.4 cm³/mol. The smallest absolute Gasteiger partial charge is 0.0411 e. The Morgan fingerprint density at radius 3 is 2.40 bits per heavy atom. The molecule has 1 nitrogen and oxygen atoms in total. The largest absolute Gasteiger partial charge is 0.381 e. The molecule has 0 spiro atoms. The Morgan fingerprint density at radius 2 is 1.80 bits per heavy atom. The van der Waals surface area contributed by atoms with Gasteiger partial charge >= 0.3 is 0 Å². The number of halogens is 1. The van der Waals surface area contributed by atoms with Crippen molar-refractivity contribution < 1.29 is 0 Å². The van der Waals surface area contributed by atoms with E-state index in [9.17, 15) is 0 Å². The second kappa shape index (κ2) is 6.94. The molecule has 0 amide bonds. The molecule has 0 aliphatic heterocycles. The van der Waals surface area contributed by atoms with Gasteiger partial charge in [-0.25, -0.2) is 0 Å². The van der Waals surface area contributed by atoms with Crippen LogP contribution in [0, 0.1) is 6.92 Å². The highest BCUT2D eigenvalue weighted by molar-refractivity contribution is 9.10. The van der Waals surface area contributed by atoms with Gasteiger partial charge in [0.15, 0.2) is 0 Å². The fourth-order valence-electron chi connectivity index (χ4n) is 2.16. The average molecular weight is 332 g/mol. The van der Waals surface area contributed by atoms with Crippen LogP contribution in [-0.4, -0.2) is 0 Å². The predicted octanol–water partition coefficient (Wildman–Crippen LogP) is 5.88. The summed E-state index contributed by atoms with van der Waals surface area (Å²) >= 11 is 3.62. The molecule has 2 rings (SSSR count). The topological polar surface area (TPSA) is 12.0 Å². The average Bonchev–Trinajstić information content (AvgIpc) is 2.46. The first-order chi connectivity index (χ1) is 9.60. The van der Waals surface area contributed by atoms with Crippen molar-refractivity contribution in [3.8, 4) is 0 Å². The number of nitrogens with one attached hydrogen (secondary N) is 1. The maximum Gasteiger partial charge on any atom is 0.0411 e. The molecule has 20 heavy (non-hydrogen) atoms. The summed E-state index contributed by atoms with van der Waals surface area (Å²) in [6, 6.07) is 15.3. The van der Waals surface area contributed by atoms with Crippen molar-refractivity contribution in [2.24, 2.45) is 0 Å². The van der Waals surface area contributed by atoms with Crippen LogP contribution in [0.2, 0.25) is 0 Å². The summed E-state index contributed by atoms with van der Waals surface area (Å²) in [5, 5.41) is 3.48. The van der Waals surface area contributed by atoms with Gasteiger partial charge < -0.3 is 5.32 Å². The molecule has 0 heterocycles. The molecule has 0 fully saturated rings. The molecule has 0 aliphatic carbocycles. The van der Waals surface area contributed by atoms with Gasteiger partial charge in [-0.2, -0.15) is 0 Å². The molecule has 0 radical (unpaired) electrons. The van der Waals surface area contributed by atoms with Crippen LogP contribution in [0.5, 0.6) is 0 Å². The van der Waals surface area contributed by atoms with Crippen molar-refractivity contribution >= 4 is 21.6 Å². The Labute approximate surface area is 130 Å². The first-order valence-corrected chi connectivity index (χ1v) is 7.98. The molecule has 0 saturated carbocycles. The van der Waals surface area contributed by atoms with Crippen molar-refractivity contribution in [3.05, 3.63) is 63.6 Å². The maximum atomic E-state index is 3.62. The normalized spacial score (nSPS) is 12.2. The Morgan fingerprint density at radius 1 is 1.10 bits per heavy atom. The zero-order valence-electron chi connectivity index (χ0n) is 12.4. The summed E-state index contributed by atoms with van der Waals surface area (Å²) in [7, 11) is 0. The minimum Gasteiger partial charge on any atom is -0.381 e. The third-order valence-electron chi connectivity index (χ3n) is 3.78. The third kappa shape index (κ3) is 3.86. The molecule has 0 saturated heterocycles. The number of rotatable bonds is 5. The van der Waals surface area contributed by atoms with Crippen LogP contribution in [0.1, 0.15) is 42.9 Å². The molecule has 2 aromatic rings. The summed E-state index contributed by atoms with van der Waals surface area (Å²) in [5.74, 6) is 0.635. The van der Waals surface area contributed by atoms with Gasteiger partial charge in [-0.15, -0.1) is 0 Å². The summed E-state index contributed by atoms with van der Waals surface area (Å²) < 4.78 is 1.17. The molecule has 2 heteroatoms. The van der Waals surface area contributed by atoms with E-state index >= 15 is 0 Å². The molecule has 2 aromatic carbocycles. The second-order valence-corrected chi connectivity index (χ2v) is 6.23. The zero-order valence-corrected chi connectivity index (χ0v) is 14.0. The molecular weight excluding hydrogens is 310 g/mol. The summed E-state index contributed by atoms with van der Waals surface area (Å²) in [6.45, 7) is 7.44. The van der Waals surface area contributed by atoms with Gasteiger partial charge in [-0.1, -0.05) is 54.0 Å². The zero-order chi connectivity index (χ0) is 14.5. The van der Waals surface area contributed by atoms with Crippen LogP contribution >= 0.6 is 15.9 Å². The van der Waals surface area contributed by atoms with Crippen molar-refractivity contribution in [3.63, 3.8) is 0 Å². The van der Waals surface area contributed by atoms with E-state index in [1.807, 2.05) is 0 Å². The van der Waals surface area contributed by atoms with Crippen molar-refractivity contribution in [2.75, 3.05) is 5.32 Å². The van der Waals surface area contributed by atoms with Gasteiger partial charge in [0.05, 0.1) is 0 Å². The number of hydrogen-bond acceptors (Lipinski definition) is 1. The lowest BCUT2D eigenvalue weighted by Crippen LogP contribution is -2.01. The fourth-order valence-corrected chi connectivity index (χ4v) is 2.79. The molecule has 1 unspecified atom stereocenters. The van der Waals surface area contributed by atoms with Crippen LogP contribution in [0.15, 0.2) is 46.9 Å². The molecule has 106 valence electrons. The minimum atomic E-state index is 0.635. The second-order valence-electron chi connectivity index (χ2n) is 5.38. The molecule has 0 aliphatic rings. The van der Waals surface area contributed by atoms with Gasteiger partial charge in [-0.05, 0) is 54.2 Å². The SMILES string of the molecule is CCC(C)c1ccc(NCc2ccc(C)cc2Br)cc1. The summed E-state index contributed by atoms with van der Waals surface area (Å²) in [4.78, 5) is 0. The summed E-state index contributed by atoms with van der Waals surface area (Å²) in [6.07, 6.45) is 1.18. The fraction of sp³-hybridized carbons (Fsp3) is 0.333. The monoisotopic (exact) mass is 331 g/mol. The Hall–Kier alpha value is -1.28. The van der Waals surface area contributed by atoms with Gasteiger partial charge in [0.1, 0.15) is 0 Å². The first kappa shape index (κ1) is 15.1. The van der Waals surface area contributed by atoms with E-state index in [4.69, 9.17) is 0 Å². The quantitative estimate of drug-likeness (QED) is 0.720. The molecule has 0 bridgehead atoms. The number of hydrogen-bond donors (Lipinski definition) is 1. The van der Waals surface area contributed by atoms with Gasteiger partial charge in [0.2, 0.25) is 0 Å². The summed E-state index contributed by atoms with van der Waals surface area (Å²) in [5.41, 5.74) is 5.14. The molecule has 0 aromatic heterocycles. The van der Waals surface area contributed by atoms with Gasteiger partial charge in [0, 0.05) is 16.7 Å². The van der Waals surface area contributed by atoms with E-state index < -0.39 is 0 Å².